The number of nitrogens with one attached hydrogen (secondary N) is 1. The van der Waals surface area contributed by atoms with Gasteiger partial charge in [0.05, 0.1) is 11.0 Å². The summed E-state index contributed by atoms with van der Waals surface area (Å²) >= 11 is 0. The standard InChI is InChI=1S/C33H43F3N2O3/c1-27(2)10-12-32(26(41)38-18-33(34,35)36)13-11-31(7)24(20(32)16-27)21(39)14-23-29(5)15-19(17-37)25(40)28(3,4)22(29)8-9-30(23,31)6/h14-15,20,22,24H,8-13,16,18H2,1-7H3,(H,38,41)/t20-,22?,24+,29+,30-,31-,32+/m1/s1. The quantitative estimate of drug-likeness (QED) is 0.391. The summed E-state index contributed by atoms with van der Waals surface area (Å²) in [5, 5.41) is 12.1. The molecule has 1 N–H and O–H groups in total. The van der Waals surface area contributed by atoms with E-state index in [1.807, 2.05) is 13.8 Å². The summed E-state index contributed by atoms with van der Waals surface area (Å²) in [6.07, 6.45) is 3.30. The lowest BCUT2D eigenvalue weighted by Gasteiger charge is -2.69. The Morgan fingerprint density at radius 1 is 1.02 bits per heavy atom. The van der Waals surface area contributed by atoms with Crippen molar-refractivity contribution in [1.29, 1.82) is 5.26 Å². The van der Waals surface area contributed by atoms with Crippen molar-refractivity contribution >= 4 is 17.5 Å². The van der Waals surface area contributed by atoms with Gasteiger partial charge in [-0.2, -0.15) is 18.4 Å². The minimum atomic E-state index is -4.51. The Morgan fingerprint density at radius 2 is 1.66 bits per heavy atom. The zero-order chi connectivity index (χ0) is 30.6. The second kappa shape index (κ2) is 8.80. The monoisotopic (exact) mass is 572 g/mol. The van der Waals surface area contributed by atoms with Crippen LogP contribution in [0.1, 0.15) is 93.4 Å². The molecule has 0 aliphatic heterocycles. The van der Waals surface area contributed by atoms with Crippen LogP contribution in [0.25, 0.3) is 0 Å². The molecule has 8 heteroatoms. The minimum absolute atomic E-state index is 0.0705. The third kappa shape index (κ3) is 4.03. The van der Waals surface area contributed by atoms with E-state index in [4.69, 9.17) is 0 Å². The Labute approximate surface area is 241 Å². The molecule has 1 amide bonds. The zero-order valence-corrected chi connectivity index (χ0v) is 25.3. The molecule has 0 aromatic rings. The van der Waals surface area contributed by atoms with Gasteiger partial charge >= 0.3 is 6.18 Å². The van der Waals surface area contributed by atoms with Crippen molar-refractivity contribution in [2.75, 3.05) is 6.54 Å². The highest BCUT2D eigenvalue weighted by Crippen LogP contribution is 2.74. The van der Waals surface area contributed by atoms with Crippen LogP contribution in [0.15, 0.2) is 23.3 Å². The summed E-state index contributed by atoms with van der Waals surface area (Å²) in [6.45, 7) is 13.1. The lowest BCUT2D eigenvalue weighted by molar-refractivity contribution is -0.181. The number of fused-ring (bicyclic) bond motifs is 7. The third-order valence-electron chi connectivity index (χ3n) is 12.8. The molecule has 0 saturated heterocycles. The normalized spacial score (nSPS) is 42.8. The topological polar surface area (TPSA) is 87.0 Å². The summed E-state index contributed by atoms with van der Waals surface area (Å²) in [6, 6.07) is 2.11. The number of allylic oxidation sites excluding steroid dienone is 4. The van der Waals surface area contributed by atoms with Gasteiger partial charge in [-0.05, 0) is 79.1 Å². The first-order valence-electron chi connectivity index (χ1n) is 15.0. The van der Waals surface area contributed by atoms with E-state index in [2.05, 4.69) is 46.0 Å². The molecule has 3 saturated carbocycles. The summed E-state index contributed by atoms with van der Waals surface area (Å²) < 4.78 is 39.4. The van der Waals surface area contributed by atoms with Gasteiger partial charge in [-0.25, -0.2) is 0 Å². The molecule has 5 aliphatic carbocycles. The van der Waals surface area contributed by atoms with Crippen LogP contribution in [0.3, 0.4) is 0 Å². The van der Waals surface area contributed by atoms with E-state index in [1.54, 1.807) is 12.2 Å². The Kier molecular flexibility index (Phi) is 6.45. The molecular weight excluding hydrogens is 529 g/mol. The van der Waals surface area contributed by atoms with E-state index >= 15 is 0 Å². The van der Waals surface area contributed by atoms with Crippen LogP contribution in [0, 0.1) is 61.6 Å². The van der Waals surface area contributed by atoms with E-state index in [1.165, 1.54) is 0 Å². The lowest BCUT2D eigenvalue weighted by Crippen LogP contribution is -2.66. The van der Waals surface area contributed by atoms with Gasteiger partial charge < -0.3 is 5.32 Å². The average molecular weight is 573 g/mol. The van der Waals surface area contributed by atoms with Gasteiger partial charge in [0.2, 0.25) is 5.91 Å². The van der Waals surface area contributed by atoms with Gasteiger partial charge in [0.1, 0.15) is 12.6 Å². The van der Waals surface area contributed by atoms with Crippen molar-refractivity contribution in [2.45, 2.75) is 99.6 Å². The predicted molar refractivity (Wildman–Crippen MR) is 148 cm³/mol. The molecule has 1 unspecified atom stereocenters. The second-order valence-electron chi connectivity index (χ2n) is 15.7. The van der Waals surface area contributed by atoms with Gasteiger partial charge in [0.15, 0.2) is 11.6 Å². The molecule has 0 heterocycles. The molecule has 224 valence electrons. The van der Waals surface area contributed by atoms with Crippen LogP contribution >= 0.6 is 0 Å². The Bertz CT molecular complexity index is 1320. The fourth-order valence-electron chi connectivity index (χ4n) is 10.4. The van der Waals surface area contributed by atoms with Crippen molar-refractivity contribution in [3.05, 3.63) is 23.3 Å². The summed E-state index contributed by atoms with van der Waals surface area (Å²) in [7, 11) is 0. The molecule has 41 heavy (non-hydrogen) atoms. The average Bonchev–Trinajstić information content (AvgIpc) is 2.85. The molecule has 5 rings (SSSR count). The van der Waals surface area contributed by atoms with Crippen LogP contribution in [-0.4, -0.2) is 30.2 Å². The maximum atomic E-state index is 14.4. The molecule has 0 aromatic heterocycles. The third-order valence-corrected chi connectivity index (χ3v) is 12.8. The Balaban J connectivity index is 1.65. The van der Waals surface area contributed by atoms with Crippen LogP contribution in [0.5, 0.6) is 0 Å². The fraction of sp³-hybridized carbons (Fsp3) is 0.758. The van der Waals surface area contributed by atoms with E-state index < -0.39 is 51.6 Å². The molecule has 5 aliphatic rings. The van der Waals surface area contributed by atoms with Gasteiger partial charge in [-0.1, -0.05) is 60.1 Å². The number of rotatable bonds is 2. The number of hydrogen-bond acceptors (Lipinski definition) is 4. The number of nitrogens with zero attached hydrogens (tertiary/aromatic N) is 1. The highest BCUT2D eigenvalue weighted by atomic mass is 19.4. The first-order chi connectivity index (χ1) is 18.7. The van der Waals surface area contributed by atoms with Crippen molar-refractivity contribution in [3.8, 4) is 6.07 Å². The Morgan fingerprint density at radius 3 is 2.27 bits per heavy atom. The summed E-state index contributed by atoms with van der Waals surface area (Å²) in [5.41, 5.74) is -2.47. The number of Topliss-reactive ketones (excluding diaryl/α,β-unsaturated/α-hetero) is 1. The number of alkyl halides is 3. The SMILES string of the molecule is CC1(C)CC[C@]2(C(=O)NCC(F)(F)F)CC[C@]3(C)[C@H](C(=O)C=C4[C@@]5(C)C=C(C#N)C(=O)C(C)(C)C5CC[C@]43C)[C@H]2C1. The zero-order valence-electron chi connectivity index (χ0n) is 25.3. The largest absolute Gasteiger partial charge is 0.405 e. The van der Waals surface area contributed by atoms with Crippen molar-refractivity contribution in [2.24, 2.45) is 50.2 Å². The van der Waals surface area contributed by atoms with Crippen LogP contribution in [0.4, 0.5) is 13.2 Å². The van der Waals surface area contributed by atoms with Crippen molar-refractivity contribution in [3.63, 3.8) is 0 Å². The highest BCUT2D eigenvalue weighted by molar-refractivity contribution is 6.04. The van der Waals surface area contributed by atoms with Crippen molar-refractivity contribution in [1.82, 2.24) is 5.32 Å². The second-order valence-corrected chi connectivity index (χ2v) is 15.7. The van der Waals surface area contributed by atoms with Gasteiger partial charge in [-0.15, -0.1) is 0 Å². The number of hydrogen-bond donors (Lipinski definition) is 1. The number of carbonyl (C=O) groups excluding carboxylic acids is 3. The summed E-state index contributed by atoms with van der Waals surface area (Å²) in [4.78, 5) is 41.3. The van der Waals surface area contributed by atoms with Gasteiger partial charge in [0, 0.05) is 16.7 Å². The number of nitriles is 1. The predicted octanol–water partition coefficient (Wildman–Crippen LogP) is 6.88. The number of halogens is 3. The molecule has 7 atom stereocenters. The van der Waals surface area contributed by atoms with E-state index in [0.717, 1.165) is 18.4 Å². The number of ketones is 2. The molecule has 0 aromatic carbocycles. The first kappa shape index (κ1) is 30.0. The van der Waals surface area contributed by atoms with Crippen LogP contribution in [0.2, 0.25) is 0 Å². The van der Waals surface area contributed by atoms with Gasteiger partial charge in [0.25, 0.3) is 0 Å². The maximum Gasteiger partial charge on any atom is 0.405 e. The fourth-order valence-corrected chi connectivity index (χ4v) is 10.4. The number of amides is 1. The molecule has 0 radical (unpaired) electrons. The molecule has 5 nitrogen and oxygen atoms in total. The van der Waals surface area contributed by atoms with Crippen LogP contribution in [-0.2, 0) is 14.4 Å². The lowest BCUT2D eigenvalue weighted by atomic mass is 9.34. The van der Waals surface area contributed by atoms with Crippen LogP contribution < -0.4 is 5.32 Å². The maximum absolute atomic E-state index is 14.4. The molecule has 0 bridgehead atoms. The molecular formula is C33H43F3N2O3. The first-order valence-corrected chi connectivity index (χ1v) is 15.0. The molecule has 3 fully saturated rings. The van der Waals surface area contributed by atoms with Gasteiger partial charge in [-0.3, -0.25) is 14.4 Å². The van der Waals surface area contributed by atoms with E-state index in [9.17, 15) is 32.8 Å². The highest BCUT2D eigenvalue weighted by Gasteiger charge is 2.70. The minimum Gasteiger partial charge on any atom is -0.346 e. The summed E-state index contributed by atoms with van der Waals surface area (Å²) in [5.74, 6) is -1.75. The smallest absolute Gasteiger partial charge is 0.346 e. The Hall–Kier alpha value is -2.43. The molecule has 0 spiro atoms. The van der Waals surface area contributed by atoms with E-state index in [0.29, 0.717) is 32.1 Å². The van der Waals surface area contributed by atoms with E-state index in [-0.39, 0.29) is 34.4 Å². The van der Waals surface area contributed by atoms with Crippen molar-refractivity contribution < 1.29 is 27.6 Å². The number of carbonyl (C=O) groups is 3.